The third-order valence-electron chi connectivity index (χ3n) is 7.32. The quantitative estimate of drug-likeness (QED) is 0.614. The van der Waals surface area contributed by atoms with Crippen molar-refractivity contribution in [2.24, 2.45) is 11.8 Å². The first kappa shape index (κ1) is 25.0. The second-order valence-corrected chi connectivity index (χ2v) is 10.8. The molecule has 3 saturated heterocycles. The number of amides is 4. The number of likely N-dealkylation sites (tertiary alicyclic amines) is 1. The highest BCUT2D eigenvalue weighted by molar-refractivity contribution is 8.00. The van der Waals surface area contributed by atoms with Crippen LogP contribution in [-0.2, 0) is 16.0 Å². The first-order valence-electron chi connectivity index (χ1n) is 12.4. The summed E-state index contributed by atoms with van der Waals surface area (Å²) >= 11 is 1.50. The number of thioether (sulfide) groups is 1. The van der Waals surface area contributed by atoms with E-state index in [4.69, 9.17) is 0 Å². The van der Waals surface area contributed by atoms with E-state index in [2.05, 4.69) is 41.8 Å². The average Bonchev–Trinajstić information content (AvgIpc) is 2.85. The van der Waals surface area contributed by atoms with E-state index in [0.717, 1.165) is 45.2 Å². The Labute approximate surface area is 206 Å². The molecule has 0 saturated carbocycles. The maximum Gasteiger partial charge on any atom is 0.327 e. The van der Waals surface area contributed by atoms with E-state index in [1.54, 1.807) is 11.9 Å². The van der Waals surface area contributed by atoms with Crippen LogP contribution in [0.25, 0.3) is 0 Å². The second kappa shape index (κ2) is 11.1. The Morgan fingerprint density at radius 2 is 1.79 bits per heavy atom. The average molecular weight is 488 g/mol. The van der Waals surface area contributed by atoms with Crippen molar-refractivity contribution in [2.75, 3.05) is 32.9 Å². The predicted octanol–water partition coefficient (Wildman–Crippen LogP) is 2.31. The number of fused-ring (bicyclic) bond motifs is 1. The van der Waals surface area contributed by atoms with Crippen molar-refractivity contribution in [3.63, 3.8) is 0 Å². The van der Waals surface area contributed by atoms with Crippen LogP contribution in [0.4, 0.5) is 4.79 Å². The Morgan fingerprint density at radius 3 is 2.47 bits per heavy atom. The first-order chi connectivity index (χ1) is 16.4. The van der Waals surface area contributed by atoms with Gasteiger partial charge < -0.3 is 9.80 Å². The van der Waals surface area contributed by atoms with Crippen LogP contribution in [0.3, 0.4) is 0 Å². The van der Waals surface area contributed by atoms with Gasteiger partial charge in [-0.25, -0.2) is 4.79 Å². The van der Waals surface area contributed by atoms with Crippen LogP contribution in [0.5, 0.6) is 0 Å². The van der Waals surface area contributed by atoms with E-state index >= 15 is 0 Å². The number of urea groups is 1. The van der Waals surface area contributed by atoms with Crippen LogP contribution in [-0.4, -0.2) is 83.2 Å². The van der Waals surface area contributed by atoms with Gasteiger partial charge >= 0.3 is 6.03 Å². The monoisotopic (exact) mass is 487 g/mol. The molecule has 0 radical (unpaired) electrons. The highest BCUT2D eigenvalue weighted by Crippen LogP contribution is 2.32. The summed E-state index contributed by atoms with van der Waals surface area (Å²) in [5, 5.41) is 6.73. The SMILES string of the molecule is CCCC1NC(SCC(=O)N2CCC(Cc3ccccc3)CC2)C2C(=O)N(C)C(=O)N(C)C2N1. The molecule has 9 heteroatoms. The second-order valence-electron chi connectivity index (χ2n) is 9.68. The molecule has 3 fully saturated rings. The van der Waals surface area contributed by atoms with E-state index in [1.807, 2.05) is 11.0 Å². The third kappa shape index (κ3) is 5.42. The van der Waals surface area contributed by atoms with Crippen molar-refractivity contribution < 1.29 is 14.4 Å². The zero-order valence-electron chi connectivity index (χ0n) is 20.4. The molecule has 0 aromatic heterocycles. The minimum atomic E-state index is -0.435. The van der Waals surface area contributed by atoms with E-state index in [9.17, 15) is 14.4 Å². The summed E-state index contributed by atoms with van der Waals surface area (Å²) in [5.74, 6) is 0.444. The Bertz CT molecular complexity index is 877. The topological polar surface area (TPSA) is 85.0 Å². The molecular weight excluding hydrogens is 450 g/mol. The molecule has 1 aromatic rings. The van der Waals surface area contributed by atoms with Crippen molar-refractivity contribution in [1.82, 2.24) is 25.3 Å². The fraction of sp³-hybridized carbons (Fsp3) is 0.640. The maximum absolute atomic E-state index is 13.0. The number of benzene rings is 1. The van der Waals surface area contributed by atoms with E-state index < -0.39 is 5.92 Å². The van der Waals surface area contributed by atoms with Crippen molar-refractivity contribution in [3.8, 4) is 0 Å². The van der Waals surface area contributed by atoms with Gasteiger partial charge in [0.15, 0.2) is 0 Å². The lowest BCUT2D eigenvalue weighted by atomic mass is 9.90. The summed E-state index contributed by atoms with van der Waals surface area (Å²) in [6, 6.07) is 10.3. The molecule has 3 heterocycles. The molecule has 3 aliphatic heterocycles. The van der Waals surface area contributed by atoms with Gasteiger partial charge in [0.1, 0.15) is 0 Å². The smallest absolute Gasteiger partial charge is 0.327 e. The minimum Gasteiger partial charge on any atom is -0.342 e. The highest BCUT2D eigenvalue weighted by Gasteiger charge is 2.50. The molecule has 2 N–H and O–H groups in total. The highest BCUT2D eigenvalue weighted by atomic mass is 32.2. The van der Waals surface area contributed by atoms with Gasteiger partial charge in [0, 0.05) is 27.2 Å². The fourth-order valence-corrected chi connectivity index (χ4v) is 6.55. The lowest BCUT2D eigenvalue weighted by molar-refractivity contribution is -0.140. The number of rotatable bonds is 7. The molecule has 186 valence electrons. The van der Waals surface area contributed by atoms with E-state index in [1.165, 1.54) is 29.3 Å². The summed E-state index contributed by atoms with van der Waals surface area (Å²) in [5.41, 5.74) is 1.36. The number of imide groups is 1. The van der Waals surface area contributed by atoms with Gasteiger partial charge in [0.25, 0.3) is 0 Å². The van der Waals surface area contributed by atoms with E-state index in [0.29, 0.717) is 11.7 Å². The summed E-state index contributed by atoms with van der Waals surface area (Å²) in [6.45, 7) is 3.69. The number of carbonyl (C=O) groups excluding carboxylic acids is 3. The van der Waals surface area contributed by atoms with Crippen LogP contribution < -0.4 is 10.6 Å². The molecule has 4 unspecified atom stereocenters. The number of nitrogens with one attached hydrogen (secondary N) is 2. The van der Waals surface area contributed by atoms with Crippen molar-refractivity contribution in [1.29, 1.82) is 0 Å². The van der Waals surface area contributed by atoms with Crippen molar-refractivity contribution in [3.05, 3.63) is 35.9 Å². The standard InChI is InChI=1S/C25H37N5O3S/c1-4-8-19-26-22-21(24(32)29(3)25(33)28(22)2)23(27-19)34-16-20(31)30-13-11-18(12-14-30)15-17-9-6-5-7-10-17/h5-7,9-10,18-19,21-23,26-27H,4,8,11-16H2,1-3H3. The summed E-state index contributed by atoms with van der Waals surface area (Å²) in [7, 11) is 3.26. The van der Waals surface area contributed by atoms with Crippen LogP contribution in [0, 0.1) is 11.8 Å². The zero-order valence-corrected chi connectivity index (χ0v) is 21.2. The van der Waals surface area contributed by atoms with Crippen LogP contribution >= 0.6 is 11.8 Å². The molecular formula is C25H37N5O3S. The summed E-state index contributed by atoms with van der Waals surface area (Å²) in [6.07, 6.45) is 4.61. The van der Waals surface area contributed by atoms with E-state index in [-0.39, 0.29) is 35.6 Å². The van der Waals surface area contributed by atoms with Gasteiger partial charge in [-0.05, 0) is 37.2 Å². The van der Waals surface area contributed by atoms with Crippen LogP contribution in [0.2, 0.25) is 0 Å². The number of hydrogen-bond acceptors (Lipinski definition) is 6. The molecule has 4 atom stereocenters. The maximum atomic E-state index is 13.0. The number of nitrogens with zero attached hydrogens (tertiary/aromatic N) is 3. The third-order valence-corrected chi connectivity index (χ3v) is 8.53. The van der Waals surface area contributed by atoms with Crippen LogP contribution in [0.15, 0.2) is 30.3 Å². The zero-order chi connectivity index (χ0) is 24.2. The lowest BCUT2D eigenvalue weighted by Crippen LogP contribution is -2.74. The van der Waals surface area contributed by atoms with Crippen LogP contribution in [0.1, 0.15) is 38.2 Å². The van der Waals surface area contributed by atoms with Crippen molar-refractivity contribution in [2.45, 2.75) is 56.7 Å². The molecule has 8 nitrogen and oxygen atoms in total. The largest absolute Gasteiger partial charge is 0.342 e. The molecule has 0 bridgehead atoms. The molecule has 0 aliphatic carbocycles. The number of hydrogen-bond donors (Lipinski definition) is 2. The van der Waals surface area contributed by atoms with Gasteiger partial charge in [0.2, 0.25) is 11.8 Å². The van der Waals surface area contributed by atoms with Gasteiger partial charge in [0.05, 0.1) is 29.4 Å². The molecule has 3 aliphatic rings. The fourth-order valence-electron chi connectivity index (χ4n) is 5.31. The Morgan fingerprint density at radius 1 is 1.09 bits per heavy atom. The molecule has 0 spiro atoms. The number of piperidine rings is 1. The van der Waals surface area contributed by atoms with Gasteiger partial charge in [-0.15, -0.1) is 11.8 Å². The van der Waals surface area contributed by atoms with Crippen molar-refractivity contribution >= 4 is 29.6 Å². The summed E-state index contributed by atoms with van der Waals surface area (Å²) in [4.78, 5) is 43.3. The lowest BCUT2D eigenvalue weighted by Gasteiger charge is -2.50. The Hall–Kier alpha value is -2.10. The first-order valence-corrected chi connectivity index (χ1v) is 13.4. The van der Waals surface area contributed by atoms with Gasteiger partial charge in [-0.2, -0.15) is 0 Å². The normalized spacial score (nSPS) is 28.3. The Balaban J connectivity index is 1.33. The molecule has 34 heavy (non-hydrogen) atoms. The number of carbonyl (C=O) groups is 3. The Kier molecular flexibility index (Phi) is 8.16. The van der Waals surface area contributed by atoms with Gasteiger partial charge in [-0.1, -0.05) is 43.7 Å². The molecule has 4 amide bonds. The minimum absolute atomic E-state index is 0.000889. The van der Waals surface area contributed by atoms with Gasteiger partial charge in [-0.3, -0.25) is 25.1 Å². The predicted molar refractivity (Wildman–Crippen MR) is 134 cm³/mol. The summed E-state index contributed by atoms with van der Waals surface area (Å²) < 4.78 is 0. The molecule has 4 rings (SSSR count). The molecule has 1 aromatic carbocycles.